The minimum absolute atomic E-state index is 0.0643. The lowest BCUT2D eigenvalue weighted by Gasteiger charge is -2.43. The van der Waals surface area contributed by atoms with Gasteiger partial charge in [-0.1, -0.05) is 12.8 Å². The Bertz CT molecular complexity index is 762. The third kappa shape index (κ3) is 3.93. The Balaban J connectivity index is 1.16. The molecule has 6 nitrogen and oxygen atoms in total. The summed E-state index contributed by atoms with van der Waals surface area (Å²) in [7, 11) is 0. The molecule has 2 saturated heterocycles. The van der Waals surface area contributed by atoms with Crippen molar-refractivity contribution in [2.24, 2.45) is 23.7 Å². The molecular weight excluding hydrogens is 376 g/mol. The van der Waals surface area contributed by atoms with Gasteiger partial charge in [-0.15, -0.1) is 0 Å². The summed E-state index contributed by atoms with van der Waals surface area (Å²) in [5.41, 5.74) is 1.15. The topological polar surface area (TPSA) is 56.8 Å². The second-order valence-corrected chi connectivity index (χ2v) is 9.76. The molecule has 1 aromatic heterocycles. The molecule has 2 unspecified atom stereocenters. The zero-order chi connectivity index (χ0) is 20.5. The van der Waals surface area contributed by atoms with Crippen molar-refractivity contribution in [3.8, 4) is 0 Å². The first-order valence-electron chi connectivity index (χ1n) is 11.9. The molecule has 2 bridgehead atoms. The SMILES string of the molecule is O=C(C1CCN(c2ccncc2)C1)N1CCCN(C(=O)C2CC3CCC2CC3)CC1. The van der Waals surface area contributed by atoms with Gasteiger partial charge >= 0.3 is 0 Å². The van der Waals surface area contributed by atoms with Crippen LogP contribution < -0.4 is 4.90 Å². The van der Waals surface area contributed by atoms with Gasteiger partial charge in [0.2, 0.25) is 11.8 Å². The van der Waals surface area contributed by atoms with Gasteiger partial charge in [-0.2, -0.15) is 0 Å². The Labute approximate surface area is 179 Å². The number of nitrogens with zero attached hydrogens (tertiary/aromatic N) is 4. The van der Waals surface area contributed by atoms with Gasteiger partial charge in [-0.05, 0) is 56.1 Å². The highest BCUT2D eigenvalue weighted by Crippen LogP contribution is 2.45. The molecule has 6 rings (SSSR count). The molecule has 5 fully saturated rings. The number of carbonyl (C=O) groups excluding carboxylic acids is 2. The number of carbonyl (C=O) groups is 2. The van der Waals surface area contributed by atoms with E-state index >= 15 is 0 Å². The average molecular weight is 411 g/mol. The largest absolute Gasteiger partial charge is 0.371 e. The molecule has 3 aliphatic carbocycles. The van der Waals surface area contributed by atoms with E-state index in [2.05, 4.69) is 14.8 Å². The third-order valence-electron chi connectivity index (χ3n) is 8.05. The molecule has 0 N–H and O–H groups in total. The molecule has 0 aromatic carbocycles. The molecule has 0 spiro atoms. The molecule has 162 valence electrons. The van der Waals surface area contributed by atoms with Gasteiger partial charge in [0.05, 0.1) is 5.92 Å². The van der Waals surface area contributed by atoms with Gasteiger partial charge in [0.25, 0.3) is 0 Å². The van der Waals surface area contributed by atoms with Crippen LogP contribution >= 0.6 is 0 Å². The van der Waals surface area contributed by atoms with Crippen molar-refractivity contribution in [1.82, 2.24) is 14.8 Å². The number of rotatable bonds is 3. The summed E-state index contributed by atoms with van der Waals surface area (Å²) in [6.07, 6.45) is 11.7. The average Bonchev–Trinajstić information content (AvgIpc) is 3.18. The van der Waals surface area contributed by atoms with Gasteiger partial charge < -0.3 is 14.7 Å². The monoisotopic (exact) mass is 410 g/mol. The van der Waals surface area contributed by atoms with Gasteiger partial charge in [0, 0.05) is 63.3 Å². The Morgan fingerprint density at radius 3 is 2.20 bits per heavy atom. The zero-order valence-electron chi connectivity index (χ0n) is 17.9. The fraction of sp³-hybridized carbons (Fsp3) is 0.708. The number of pyridine rings is 1. The minimum atomic E-state index is 0.0643. The molecule has 2 aliphatic heterocycles. The summed E-state index contributed by atoms with van der Waals surface area (Å²) in [4.78, 5) is 36.9. The Kier molecular flexibility index (Phi) is 5.66. The van der Waals surface area contributed by atoms with Crippen LogP contribution in [0.5, 0.6) is 0 Å². The van der Waals surface area contributed by atoms with Crippen LogP contribution in [0, 0.1) is 23.7 Å². The number of anilines is 1. The van der Waals surface area contributed by atoms with Crippen LogP contribution in [0.3, 0.4) is 0 Å². The summed E-state index contributed by atoms with van der Waals surface area (Å²) in [6, 6.07) is 4.03. The van der Waals surface area contributed by atoms with E-state index in [4.69, 9.17) is 0 Å². The first-order chi connectivity index (χ1) is 14.7. The van der Waals surface area contributed by atoms with Crippen LogP contribution in [0.15, 0.2) is 24.5 Å². The first-order valence-corrected chi connectivity index (χ1v) is 11.9. The van der Waals surface area contributed by atoms with Crippen LogP contribution in [0.2, 0.25) is 0 Å². The van der Waals surface area contributed by atoms with E-state index in [9.17, 15) is 9.59 Å². The molecular formula is C24H34N4O2. The van der Waals surface area contributed by atoms with E-state index in [1.165, 1.54) is 25.7 Å². The van der Waals surface area contributed by atoms with Crippen molar-refractivity contribution >= 4 is 17.5 Å². The number of hydrogen-bond donors (Lipinski definition) is 0. The molecule has 30 heavy (non-hydrogen) atoms. The highest BCUT2D eigenvalue weighted by molar-refractivity contribution is 5.81. The van der Waals surface area contributed by atoms with Crippen molar-refractivity contribution in [2.75, 3.05) is 44.2 Å². The molecule has 0 radical (unpaired) electrons. The standard InChI is InChI=1S/C24H34N4O2/c29-23(20-8-13-28(17-20)21-6-9-25-10-7-21)26-11-1-12-27(15-14-26)24(30)22-16-18-2-4-19(22)5-3-18/h6-7,9-10,18-20,22H,1-5,8,11-17H2. The van der Waals surface area contributed by atoms with Crippen molar-refractivity contribution in [3.05, 3.63) is 24.5 Å². The lowest BCUT2D eigenvalue weighted by atomic mass is 9.64. The highest BCUT2D eigenvalue weighted by atomic mass is 16.2. The van der Waals surface area contributed by atoms with Gasteiger partial charge in [0.1, 0.15) is 0 Å². The molecule has 2 atom stereocenters. The van der Waals surface area contributed by atoms with Crippen molar-refractivity contribution < 1.29 is 9.59 Å². The fourth-order valence-corrected chi connectivity index (χ4v) is 6.28. The maximum Gasteiger partial charge on any atom is 0.227 e. The second kappa shape index (κ2) is 8.56. The molecule has 2 amide bonds. The number of aromatic nitrogens is 1. The smallest absolute Gasteiger partial charge is 0.227 e. The van der Waals surface area contributed by atoms with Crippen molar-refractivity contribution in [2.45, 2.75) is 44.9 Å². The van der Waals surface area contributed by atoms with Gasteiger partial charge in [-0.25, -0.2) is 0 Å². The van der Waals surface area contributed by atoms with Gasteiger partial charge in [0.15, 0.2) is 0 Å². The minimum Gasteiger partial charge on any atom is -0.371 e. The van der Waals surface area contributed by atoms with Crippen LogP contribution in [0.25, 0.3) is 0 Å². The predicted molar refractivity (Wildman–Crippen MR) is 116 cm³/mol. The molecule has 3 saturated carbocycles. The van der Waals surface area contributed by atoms with E-state index in [1.54, 1.807) is 0 Å². The van der Waals surface area contributed by atoms with E-state index in [0.717, 1.165) is 57.0 Å². The summed E-state index contributed by atoms with van der Waals surface area (Å²) < 4.78 is 0. The van der Waals surface area contributed by atoms with E-state index < -0.39 is 0 Å². The van der Waals surface area contributed by atoms with E-state index in [0.29, 0.717) is 24.9 Å². The predicted octanol–water partition coefficient (Wildman–Crippen LogP) is 2.80. The van der Waals surface area contributed by atoms with Crippen LogP contribution in [0.4, 0.5) is 5.69 Å². The lowest BCUT2D eigenvalue weighted by molar-refractivity contribution is -0.141. The summed E-state index contributed by atoms with van der Waals surface area (Å²) in [5, 5.41) is 0. The lowest BCUT2D eigenvalue weighted by Crippen LogP contribution is -2.46. The Hall–Kier alpha value is -2.11. The number of fused-ring (bicyclic) bond motifs is 3. The van der Waals surface area contributed by atoms with E-state index in [-0.39, 0.29) is 17.7 Å². The first kappa shape index (κ1) is 19.8. The van der Waals surface area contributed by atoms with Crippen LogP contribution in [-0.4, -0.2) is 65.9 Å². The number of hydrogen-bond acceptors (Lipinski definition) is 4. The number of amides is 2. The normalized spacial score (nSPS) is 31.7. The zero-order valence-corrected chi connectivity index (χ0v) is 17.9. The van der Waals surface area contributed by atoms with Crippen molar-refractivity contribution in [3.63, 3.8) is 0 Å². The molecule has 1 aromatic rings. The highest BCUT2D eigenvalue weighted by Gasteiger charge is 2.41. The second-order valence-electron chi connectivity index (χ2n) is 9.76. The Morgan fingerprint density at radius 1 is 0.833 bits per heavy atom. The Morgan fingerprint density at radius 2 is 1.53 bits per heavy atom. The van der Waals surface area contributed by atoms with Crippen LogP contribution in [-0.2, 0) is 9.59 Å². The molecule has 5 aliphatic rings. The van der Waals surface area contributed by atoms with E-state index in [1.807, 2.05) is 29.4 Å². The maximum atomic E-state index is 13.2. The summed E-state index contributed by atoms with van der Waals surface area (Å²) in [5.74, 6) is 2.36. The third-order valence-corrected chi connectivity index (χ3v) is 8.05. The van der Waals surface area contributed by atoms with Crippen molar-refractivity contribution in [1.29, 1.82) is 0 Å². The fourth-order valence-electron chi connectivity index (χ4n) is 6.28. The van der Waals surface area contributed by atoms with Gasteiger partial charge in [-0.3, -0.25) is 14.6 Å². The molecule has 6 heteroatoms. The summed E-state index contributed by atoms with van der Waals surface area (Å²) >= 11 is 0. The quantitative estimate of drug-likeness (QED) is 0.769. The van der Waals surface area contributed by atoms with Crippen LogP contribution in [0.1, 0.15) is 44.9 Å². The maximum absolute atomic E-state index is 13.2. The molecule has 3 heterocycles. The summed E-state index contributed by atoms with van der Waals surface area (Å²) in [6.45, 7) is 4.70.